The van der Waals surface area contributed by atoms with Crippen molar-refractivity contribution in [3.63, 3.8) is 0 Å². The molecule has 1 aliphatic carbocycles. The number of carbonyl (C=O) groups is 2. The largest absolute Gasteiger partial charge is 0.376 e. The Bertz CT molecular complexity index is 856. The van der Waals surface area contributed by atoms with Crippen LogP contribution in [-0.2, 0) is 4.74 Å². The number of hydrogen-bond donors (Lipinski definition) is 3. The smallest absolute Gasteiger partial charge is 0.271 e. The Morgan fingerprint density at radius 1 is 1.14 bits per heavy atom. The molecule has 2 aromatic rings. The molecule has 3 N–H and O–H groups in total. The van der Waals surface area contributed by atoms with Crippen molar-refractivity contribution in [3.05, 3.63) is 45.7 Å². The Hall–Kier alpha value is -2.09. The van der Waals surface area contributed by atoms with Crippen LogP contribution in [-0.4, -0.2) is 40.3 Å². The van der Waals surface area contributed by atoms with Gasteiger partial charge in [-0.3, -0.25) is 14.7 Å². The molecular formula is C20H24Cl2N4O3. The Labute approximate surface area is 179 Å². The van der Waals surface area contributed by atoms with Crippen LogP contribution in [0.25, 0.3) is 0 Å². The normalized spacial score (nSPS) is 19.2. The fourth-order valence-electron chi connectivity index (χ4n) is 3.44. The Morgan fingerprint density at radius 3 is 2.41 bits per heavy atom. The summed E-state index contributed by atoms with van der Waals surface area (Å²) in [7, 11) is 0. The fourth-order valence-corrected chi connectivity index (χ4v) is 4.01. The van der Waals surface area contributed by atoms with Gasteiger partial charge in [0.2, 0.25) is 0 Å². The van der Waals surface area contributed by atoms with Crippen LogP contribution in [0.5, 0.6) is 0 Å². The highest BCUT2D eigenvalue weighted by Crippen LogP contribution is 2.26. The second-order valence-corrected chi connectivity index (χ2v) is 8.16. The molecule has 3 rings (SSSR count). The first-order valence-electron chi connectivity index (χ1n) is 9.60. The highest BCUT2D eigenvalue weighted by Gasteiger charge is 2.26. The van der Waals surface area contributed by atoms with E-state index in [2.05, 4.69) is 20.8 Å². The molecule has 1 aromatic heterocycles. The van der Waals surface area contributed by atoms with Crippen molar-refractivity contribution < 1.29 is 14.3 Å². The first kappa shape index (κ1) is 21.6. The van der Waals surface area contributed by atoms with Crippen molar-refractivity contribution in [2.45, 2.75) is 57.8 Å². The number of aromatic nitrogens is 2. The molecule has 9 heteroatoms. The molecule has 29 heavy (non-hydrogen) atoms. The van der Waals surface area contributed by atoms with Crippen LogP contribution in [0.3, 0.4) is 0 Å². The lowest BCUT2D eigenvalue weighted by atomic mass is 9.92. The molecule has 0 aliphatic heterocycles. The van der Waals surface area contributed by atoms with E-state index in [0.29, 0.717) is 0 Å². The van der Waals surface area contributed by atoms with E-state index in [1.807, 2.05) is 13.8 Å². The van der Waals surface area contributed by atoms with Gasteiger partial charge in [-0.15, -0.1) is 0 Å². The molecule has 1 heterocycles. The number of H-pyrrole nitrogens is 1. The van der Waals surface area contributed by atoms with E-state index >= 15 is 0 Å². The molecule has 0 atom stereocenters. The standard InChI is InChI=1S/C20H24Cl2N4O3/c1-11(2)29-13-8-6-12(7-9-13)24-20(28)18-16(10-23-26-18)25-19(27)17-14(21)4-3-5-15(17)22/h3-5,10-13H,6-9H2,1-2H3,(H,23,26)(H,24,28)(H,25,27). The van der Waals surface area contributed by atoms with Crippen LogP contribution in [0.15, 0.2) is 24.4 Å². The van der Waals surface area contributed by atoms with Gasteiger partial charge in [0.1, 0.15) is 5.69 Å². The summed E-state index contributed by atoms with van der Waals surface area (Å²) in [6.07, 6.45) is 5.31. The lowest BCUT2D eigenvalue weighted by Crippen LogP contribution is -2.40. The molecule has 0 radical (unpaired) electrons. The van der Waals surface area contributed by atoms with Gasteiger partial charge in [-0.2, -0.15) is 5.10 Å². The molecule has 0 bridgehead atoms. The number of halogens is 2. The third-order valence-corrected chi connectivity index (χ3v) is 5.41. The summed E-state index contributed by atoms with van der Waals surface area (Å²) in [5.41, 5.74) is 0.592. The number of hydrogen-bond acceptors (Lipinski definition) is 4. The third kappa shape index (κ3) is 5.50. The predicted octanol–water partition coefficient (Wildman–Crippen LogP) is 4.43. The van der Waals surface area contributed by atoms with Crippen LogP contribution < -0.4 is 10.6 Å². The highest BCUT2D eigenvalue weighted by atomic mass is 35.5. The van der Waals surface area contributed by atoms with Crippen LogP contribution in [0, 0.1) is 0 Å². The lowest BCUT2D eigenvalue weighted by molar-refractivity contribution is -0.0159. The zero-order chi connectivity index (χ0) is 21.0. The minimum atomic E-state index is -0.512. The number of aromatic amines is 1. The Kier molecular flexibility index (Phi) is 7.16. The molecule has 1 saturated carbocycles. The van der Waals surface area contributed by atoms with E-state index < -0.39 is 5.91 Å². The Morgan fingerprint density at radius 2 is 1.79 bits per heavy atom. The monoisotopic (exact) mass is 438 g/mol. The maximum Gasteiger partial charge on any atom is 0.271 e. The van der Waals surface area contributed by atoms with Gasteiger partial charge >= 0.3 is 0 Å². The Balaban J connectivity index is 1.61. The molecule has 156 valence electrons. The maximum absolute atomic E-state index is 12.7. The zero-order valence-electron chi connectivity index (χ0n) is 16.3. The second kappa shape index (κ2) is 9.61. The first-order valence-corrected chi connectivity index (χ1v) is 10.4. The summed E-state index contributed by atoms with van der Waals surface area (Å²) < 4.78 is 5.84. The third-order valence-electron chi connectivity index (χ3n) is 4.78. The highest BCUT2D eigenvalue weighted by molar-refractivity contribution is 6.40. The van der Waals surface area contributed by atoms with Crippen molar-refractivity contribution in [2.24, 2.45) is 0 Å². The molecule has 0 unspecified atom stereocenters. The summed E-state index contributed by atoms with van der Waals surface area (Å²) in [6.45, 7) is 4.05. The van der Waals surface area contributed by atoms with Crippen molar-refractivity contribution in [1.29, 1.82) is 0 Å². The van der Waals surface area contributed by atoms with Crippen LogP contribution >= 0.6 is 23.2 Å². The molecule has 1 aromatic carbocycles. The van der Waals surface area contributed by atoms with Gasteiger partial charge in [0.15, 0.2) is 0 Å². The zero-order valence-corrected chi connectivity index (χ0v) is 17.8. The van der Waals surface area contributed by atoms with Gasteiger partial charge in [-0.05, 0) is 51.7 Å². The molecule has 1 fully saturated rings. The molecule has 1 aliphatic rings. The molecule has 0 spiro atoms. The van der Waals surface area contributed by atoms with E-state index in [9.17, 15) is 9.59 Å². The van der Waals surface area contributed by atoms with Gasteiger partial charge in [-0.25, -0.2) is 0 Å². The van der Waals surface area contributed by atoms with Gasteiger partial charge in [0.05, 0.1) is 39.7 Å². The van der Waals surface area contributed by atoms with Gasteiger partial charge in [-0.1, -0.05) is 29.3 Å². The summed E-state index contributed by atoms with van der Waals surface area (Å²) in [6, 6.07) is 4.86. The molecular weight excluding hydrogens is 415 g/mol. The van der Waals surface area contributed by atoms with E-state index in [0.717, 1.165) is 25.7 Å². The van der Waals surface area contributed by atoms with Gasteiger partial charge < -0.3 is 15.4 Å². The summed E-state index contributed by atoms with van der Waals surface area (Å²) in [5.74, 6) is -0.835. The number of ether oxygens (including phenoxy) is 1. The first-order chi connectivity index (χ1) is 13.8. The van der Waals surface area contributed by atoms with Crippen molar-refractivity contribution in [3.8, 4) is 0 Å². The minimum absolute atomic E-state index is 0.0550. The quantitative estimate of drug-likeness (QED) is 0.620. The van der Waals surface area contributed by atoms with Gasteiger partial charge in [0.25, 0.3) is 11.8 Å². The van der Waals surface area contributed by atoms with E-state index in [1.165, 1.54) is 6.20 Å². The number of benzene rings is 1. The van der Waals surface area contributed by atoms with E-state index in [1.54, 1.807) is 18.2 Å². The topological polar surface area (TPSA) is 96.1 Å². The van der Waals surface area contributed by atoms with Crippen LogP contribution in [0.2, 0.25) is 10.0 Å². The number of nitrogens with zero attached hydrogens (tertiary/aromatic N) is 1. The van der Waals surface area contributed by atoms with Crippen molar-refractivity contribution in [2.75, 3.05) is 5.32 Å². The van der Waals surface area contributed by atoms with Crippen LogP contribution in [0.1, 0.15) is 60.4 Å². The summed E-state index contributed by atoms with van der Waals surface area (Å²) >= 11 is 12.2. The summed E-state index contributed by atoms with van der Waals surface area (Å²) in [4.78, 5) is 25.3. The van der Waals surface area contributed by atoms with Crippen molar-refractivity contribution >= 4 is 40.7 Å². The molecule has 0 saturated heterocycles. The average molecular weight is 439 g/mol. The van der Waals surface area contributed by atoms with E-state index in [-0.39, 0.29) is 51.1 Å². The van der Waals surface area contributed by atoms with E-state index in [4.69, 9.17) is 27.9 Å². The number of carbonyl (C=O) groups excluding carboxylic acids is 2. The predicted molar refractivity (Wildman–Crippen MR) is 113 cm³/mol. The van der Waals surface area contributed by atoms with Crippen LogP contribution in [0.4, 0.5) is 5.69 Å². The number of nitrogens with one attached hydrogen (secondary N) is 3. The van der Waals surface area contributed by atoms with Gasteiger partial charge in [0, 0.05) is 6.04 Å². The molecule has 2 amide bonds. The van der Waals surface area contributed by atoms with Crippen molar-refractivity contribution in [1.82, 2.24) is 15.5 Å². The minimum Gasteiger partial charge on any atom is -0.376 e. The number of anilines is 1. The lowest BCUT2D eigenvalue weighted by Gasteiger charge is -2.30. The number of rotatable bonds is 6. The summed E-state index contributed by atoms with van der Waals surface area (Å²) in [5, 5.41) is 12.6. The second-order valence-electron chi connectivity index (χ2n) is 7.34. The SMILES string of the molecule is CC(C)OC1CCC(NC(=O)c2[nH]ncc2NC(=O)c2c(Cl)cccc2Cl)CC1. The average Bonchev–Trinajstić information content (AvgIpc) is 3.11. The maximum atomic E-state index is 12.7. The molecule has 7 nitrogen and oxygen atoms in total. The number of amides is 2. The fraction of sp³-hybridized carbons (Fsp3) is 0.450.